The maximum Gasteiger partial charge on any atom is 0.262 e. The summed E-state index contributed by atoms with van der Waals surface area (Å²) in [4.78, 5) is 0.154. The van der Waals surface area contributed by atoms with E-state index in [1.807, 2.05) is 44.2 Å². The minimum atomic E-state index is -3.95. The Balaban J connectivity index is 1.74. The van der Waals surface area contributed by atoms with Gasteiger partial charge in [-0.05, 0) is 50.2 Å². The fourth-order valence-corrected chi connectivity index (χ4v) is 5.34. The van der Waals surface area contributed by atoms with E-state index in [2.05, 4.69) is 9.44 Å². The van der Waals surface area contributed by atoms with Crippen molar-refractivity contribution in [1.29, 1.82) is 0 Å². The first-order chi connectivity index (χ1) is 15.6. The molecule has 0 radical (unpaired) electrons. The molecule has 0 aliphatic rings. The van der Waals surface area contributed by atoms with Gasteiger partial charge in [0.15, 0.2) is 0 Å². The minimum Gasteiger partial charge on any atom is -0.320 e. The monoisotopic (exact) mass is 481 g/mol. The van der Waals surface area contributed by atoms with Crippen molar-refractivity contribution in [3.63, 3.8) is 0 Å². The van der Waals surface area contributed by atoms with Crippen molar-refractivity contribution < 1.29 is 16.8 Å². The molecule has 170 valence electrons. The number of benzene rings is 3. The molecule has 7 nitrogen and oxygen atoms in total. The Labute approximate surface area is 193 Å². The van der Waals surface area contributed by atoms with Gasteiger partial charge in [-0.15, -0.1) is 0 Å². The first-order valence-corrected chi connectivity index (χ1v) is 13.1. The van der Waals surface area contributed by atoms with Gasteiger partial charge >= 0.3 is 0 Å². The quantitative estimate of drug-likeness (QED) is 0.400. The molecule has 0 spiro atoms. The van der Waals surface area contributed by atoms with Gasteiger partial charge in [0.25, 0.3) is 20.0 Å². The third-order valence-corrected chi connectivity index (χ3v) is 7.79. The second-order valence-corrected chi connectivity index (χ2v) is 11.0. The van der Waals surface area contributed by atoms with E-state index in [-0.39, 0.29) is 21.2 Å². The lowest BCUT2D eigenvalue weighted by Crippen LogP contribution is -2.16. The van der Waals surface area contributed by atoms with E-state index in [0.29, 0.717) is 0 Å². The summed E-state index contributed by atoms with van der Waals surface area (Å²) < 4.78 is 58.6. The van der Waals surface area contributed by atoms with Crippen molar-refractivity contribution in [2.75, 3.05) is 9.44 Å². The molecule has 0 aliphatic heterocycles. The van der Waals surface area contributed by atoms with Crippen molar-refractivity contribution in [1.82, 2.24) is 4.57 Å². The van der Waals surface area contributed by atoms with Gasteiger partial charge in [-0.2, -0.15) is 0 Å². The lowest BCUT2D eigenvalue weighted by atomic mass is 10.2. The van der Waals surface area contributed by atoms with Gasteiger partial charge in [-0.25, -0.2) is 16.8 Å². The second-order valence-electron chi connectivity index (χ2n) is 7.67. The SMILES string of the molecule is Cc1ccc(S(=O)(=O)Nc2cn(-c3ccccc3)cc2NS(=O)(=O)c2ccc(C)cc2)cc1. The number of para-hydroxylation sites is 1. The fourth-order valence-electron chi connectivity index (χ4n) is 3.21. The summed E-state index contributed by atoms with van der Waals surface area (Å²) >= 11 is 0. The van der Waals surface area contributed by atoms with Crippen LogP contribution in [0.3, 0.4) is 0 Å². The fraction of sp³-hybridized carbons (Fsp3) is 0.0833. The molecule has 0 bridgehead atoms. The van der Waals surface area contributed by atoms with E-state index >= 15 is 0 Å². The summed E-state index contributed by atoms with van der Waals surface area (Å²) in [6.45, 7) is 3.73. The van der Waals surface area contributed by atoms with E-state index in [1.165, 1.54) is 36.7 Å². The Morgan fingerprint density at radius 3 is 1.36 bits per heavy atom. The van der Waals surface area contributed by atoms with Gasteiger partial charge < -0.3 is 4.57 Å². The Morgan fingerprint density at radius 1 is 0.576 bits per heavy atom. The predicted molar refractivity (Wildman–Crippen MR) is 130 cm³/mol. The smallest absolute Gasteiger partial charge is 0.262 e. The topological polar surface area (TPSA) is 97.3 Å². The molecule has 1 aromatic heterocycles. The highest BCUT2D eigenvalue weighted by molar-refractivity contribution is 7.93. The third-order valence-electron chi connectivity index (χ3n) is 5.03. The zero-order valence-electron chi connectivity index (χ0n) is 18.1. The second kappa shape index (κ2) is 8.76. The van der Waals surface area contributed by atoms with Gasteiger partial charge in [-0.1, -0.05) is 53.6 Å². The van der Waals surface area contributed by atoms with Gasteiger partial charge in [0.05, 0.1) is 21.2 Å². The number of sulfonamides is 2. The van der Waals surface area contributed by atoms with Crippen LogP contribution in [0.1, 0.15) is 11.1 Å². The molecule has 1 heterocycles. The number of hydrogen-bond acceptors (Lipinski definition) is 4. The van der Waals surface area contributed by atoms with Crippen molar-refractivity contribution in [2.24, 2.45) is 0 Å². The molecule has 0 amide bonds. The minimum absolute atomic E-state index is 0.0768. The summed E-state index contributed by atoms with van der Waals surface area (Å²) in [7, 11) is -7.89. The van der Waals surface area contributed by atoms with Crippen LogP contribution in [0.5, 0.6) is 0 Å². The molecule has 4 aromatic rings. The van der Waals surface area contributed by atoms with E-state index in [1.54, 1.807) is 28.8 Å². The van der Waals surface area contributed by atoms with Crippen LogP contribution in [-0.4, -0.2) is 21.4 Å². The molecule has 4 rings (SSSR count). The molecule has 2 N–H and O–H groups in total. The number of aryl methyl sites for hydroxylation is 2. The van der Waals surface area contributed by atoms with E-state index in [4.69, 9.17) is 0 Å². The molecule has 9 heteroatoms. The van der Waals surface area contributed by atoms with Crippen molar-refractivity contribution in [3.05, 3.63) is 102 Å². The highest BCUT2D eigenvalue weighted by Gasteiger charge is 2.22. The van der Waals surface area contributed by atoms with Crippen LogP contribution in [0.4, 0.5) is 11.4 Å². The van der Waals surface area contributed by atoms with Crippen LogP contribution in [0.25, 0.3) is 5.69 Å². The maximum atomic E-state index is 13.0. The number of nitrogens with one attached hydrogen (secondary N) is 2. The Bertz CT molecular complexity index is 1380. The van der Waals surface area contributed by atoms with Crippen LogP contribution in [0, 0.1) is 13.8 Å². The molecular formula is C24H23N3O4S2. The summed E-state index contributed by atoms with van der Waals surface area (Å²) in [5.74, 6) is 0. The highest BCUT2D eigenvalue weighted by Crippen LogP contribution is 2.30. The summed E-state index contributed by atoms with van der Waals surface area (Å²) in [5.41, 5.74) is 2.81. The molecule has 33 heavy (non-hydrogen) atoms. The molecule has 3 aromatic carbocycles. The number of aromatic nitrogens is 1. The number of hydrogen-bond donors (Lipinski definition) is 2. The first kappa shape index (κ1) is 22.6. The van der Waals surface area contributed by atoms with Gasteiger partial charge in [-0.3, -0.25) is 9.44 Å². The largest absolute Gasteiger partial charge is 0.320 e. The average molecular weight is 482 g/mol. The van der Waals surface area contributed by atoms with Crippen LogP contribution >= 0.6 is 0 Å². The van der Waals surface area contributed by atoms with Crippen molar-refractivity contribution in [2.45, 2.75) is 23.6 Å². The Kier molecular flexibility index (Phi) is 6.01. The van der Waals surface area contributed by atoms with E-state index in [9.17, 15) is 16.8 Å². The average Bonchev–Trinajstić information content (AvgIpc) is 3.16. The standard InChI is InChI=1S/C24H23N3O4S2/c1-18-8-12-21(13-9-18)32(28,29)25-23-16-27(20-6-4-3-5-7-20)17-24(23)26-33(30,31)22-14-10-19(2)11-15-22/h3-17,25-26H,1-2H3. The lowest BCUT2D eigenvalue weighted by molar-refractivity contribution is 0.599. The van der Waals surface area contributed by atoms with Gasteiger partial charge in [0.1, 0.15) is 0 Å². The normalized spacial score (nSPS) is 11.8. The van der Waals surface area contributed by atoms with Crippen molar-refractivity contribution >= 4 is 31.4 Å². The molecule has 0 fully saturated rings. The number of anilines is 2. The third kappa shape index (κ3) is 5.10. The maximum absolute atomic E-state index is 13.0. The number of rotatable bonds is 7. The molecule has 0 aliphatic carbocycles. The lowest BCUT2D eigenvalue weighted by Gasteiger charge is -2.11. The summed E-state index contributed by atoms with van der Waals surface area (Å²) in [6, 6.07) is 22.0. The van der Waals surface area contributed by atoms with Crippen molar-refractivity contribution in [3.8, 4) is 5.69 Å². The highest BCUT2D eigenvalue weighted by atomic mass is 32.2. The first-order valence-electron chi connectivity index (χ1n) is 10.1. The molecule has 0 unspecified atom stereocenters. The molecule has 0 saturated carbocycles. The van der Waals surface area contributed by atoms with Crippen LogP contribution in [-0.2, 0) is 20.0 Å². The van der Waals surface area contributed by atoms with E-state index in [0.717, 1.165) is 16.8 Å². The van der Waals surface area contributed by atoms with Crippen LogP contribution in [0.2, 0.25) is 0 Å². The predicted octanol–water partition coefficient (Wildman–Crippen LogP) is 4.70. The Hall–Kier alpha value is -3.56. The molecular weight excluding hydrogens is 458 g/mol. The summed E-state index contributed by atoms with van der Waals surface area (Å²) in [5, 5.41) is 0. The molecule has 0 atom stereocenters. The number of nitrogens with zero attached hydrogens (tertiary/aromatic N) is 1. The van der Waals surface area contributed by atoms with Gasteiger partial charge in [0, 0.05) is 18.1 Å². The zero-order chi connectivity index (χ0) is 23.6. The zero-order valence-corrected chi connectivity index (χ0v) is 19.7. The van der Waals surface area contributed by atoms with E-state index < -0.39 is 20.0 Å². The van der Waals surface area contributed by atoms with Gasteiger partial charge in [0.2, 0.25) is 0 Å². The summed E-state index contributed by atoms with van der Waals surface area (Å²) in [6.07, 6.45) is 3.07. The molecule has 0 saturated heterocycles. The van der Waals surface area contributed by atoms with Crippen LogP contribution in [0.15, 0.2) is 101 Å². The van der Waals surface area contributed by atoms with Crippen LogP contribution < -0.4 is 9.44 Å². The Morgan fingerprint density at radius 2 is 0.970 bits per heavy atom.